The number of nitrogens with one attached hydrogen (secondary N) is 1. The van der Waals surface area contributed by atoms with E-state index in [-0.39, 0.29) is 12.6 Å². The Morgan fingerprint density at radius 3 is 2.46 bits per heavy atom. The van der Waals surface area contributed by atoms with Crippen LogP contribution >= 0.6 is 0 Å². The first kappa shape index (κ1) is 13.0. The molecule has 0 aromatic heterocycles. The molecule has 0 aromatic rings. The van der Waals surface area contributed by atoms with Crippen molar-refractivity contribution in [2.45, 2.75) is 26.3 Å². The third-order valence-electron chi connectivity index (χ3n) is 1.90. The van der Waals surface area contributed by atoms with E-state index in [0.717, 1.165) is 0 Å². The van der Waals surface area contributed by atoms with Crippen molar-refractivity contribution in [3.8, 4) is 0 Å². The number of hydrogen-bond acceptors (Lipinski definition) is 3. The average molecular weight is 209 g/mol. The molecule has 0 rings (SSSR count). The Morgan fingerprint density at radius 1 is 1.46 bits per heavy atom. The molecule has 80 valence electrons. The van der Waals surface area contributed by atoms with Crippen LogP contribution in [0.15, 0.2) is 0 Å². The van der Waals surface area contributed by atoms with Gasteiger partial charge in [-0.05, 0) is 18.9 Å². The molecule has 2 atom stereocenters. The summed E-state index contributed by atoms with van der Waals surface area (Å²) in [7, 11) is 0. The van der Waals surface area contributed by atoms with E-state index in [4.69, 9.17) is 9.66 Å². The van der Waals surface area contributed by atoms with Crippen LogP contribution in [0.3, 0.4) is 0 Å². The maximum Gasteiger partial charge on any atom is 0.152 e. The van der Waals surface area contributed by atoms with Crippen LogP contribution in [0.5, 0.6) is 0 Å². The van der Waals surface area contributed by atoms with Crippen LogP contribution < -0.4 is 5.32 Å². The lowest BCUT2D eigenvalue weighted by atomic mass is 10.1. The van der Waals surface area contributed by atoms with Gasteiger partial charge in [0.05, 0.1) is 12.4 Å². The summed E-state index contributed by atoms with van der Waals surface area (Å²) in [6, 6.07) is 0.0899. The lowest BCUT2D eigenvalue weighted by Crippen LogP contribution is -2.37. The number of hydrogen-bond donors (Lipinski definition) is 3. The monoisotopic (exact) mass is 209 g/mol. The normalized spacial score (nSPS) is 16.1. The standard InChI is InChI=1S/C8H19NO3S/c1-7(2)8(6-10)9-4-3-5-13(11)12/h7-10H,3-6H2,1-2H3,(H,11,12). The fraction of sp³-hybridized carbons (Fsp3) is 1.00. The molecule has 0 bridgehead atoms. The van der Waals surface area contributed by atoms with Crippen molar-refractivity contribution < 1.29 is 13.9 Å². The fourth-order valence-corrected chi connectivity index (χ4v) is 1.39. The summed E-state index contributed by atoms with van der Waals surface area (Å²) in [5.41, 5.74) is 0. The van der Waals surface area contributed by atoms with Gasteiger partial charge in [-0.3, -0.25) is 0 Å². The predicted octanol–water partition coefficient (Wildman–Crippen LogP) is 0.205. The molecular weight excluding hydrogens is 190 g/mol. The van der Waals surface area contributed by atoms with E-state index in [1.165, 1.54) is 0 Å². The number of rotatable bonds is 7. The molecule has 0 heterocycles. The van der Waals surface area contributed by atoms with Gasteiger partial charge in [-0.1, -0.05) is 13.8 Å². The number of aliphatic hydroxyl groups is 1. The van der Waals surface area contributed by atoms with Crippen molar-refractivity contribution in [1.29, 1.82) is 0 Å². The summed E-state index contributed by atoms with van der Waals surface area (Å²) < 4.78 is 18.8. The van der Waals surface area contributed by atoms with Crippen molar-refractivity contribution in [3.05, 3.63) is 0 Å². The Balaban J connectivity index is 3.44. The van der Waals surface area contributed by atoms with E-state index in [1.807, 2.05) is 13.8 Å². The highest BCUT2D eigenvalue weighted by Gasteiger charge is 2.10. The minimum absolute atomic E-state index is 0.0899. The first-order valence-electron chi connectivity index (χ1n) is 4.49. The maximum atomic E-state index is 10.3. The fourth-order valence-electron chi connectivity index (χ4n) is 0.994. The van der Waals surface area contributed by atoms with Crippen LogP contribution in [0.4, 0.5) is 0 Å². The molecule has 0 spiro atoms. The third kappa shape index (κ3) is 7.13. The van der Waals surface area contributed by atoms with E-state index >= 15 is 0 Å². The van der Waals surface area contributed by atoms with E-state index in [9.17, 15) is 4.21 Å². The van der Waals surface area contributed by atoms with Gasteiger partial charge >= 0.3 is 0 Å². The van der Waals surface area contributed by atoms with Crippen LogP contribution in [0.1, 0.15) is 20.3 Å². The van der Waals surface area contributed by atoms with E-state index < -0.39 is 11.1 Å². The first-order valence-corrected chi connectivity index (χ1v) is 5.77. The first-order chi connectivity index (χ1) is 6.07. The van der Waals surface area contributed by atoms with Gasteiger partial charge in [-0.15, -0.1) is 0 Å². The molecule has 3 N–H and O–H groups in total. The molecule has 5 heteroatoms. The Hall–Kier alpha value is 0.0300. The zero-order valence-electron chi connectivity index (χ0n) is 8.19. The van der Waals surface area contributed by atoms with E-state index in [1.54, 1.807) is 0 Å². The molecule has 0 aliphatic rings. The molecule has 13 heavy (non-hydrogen) atoms. The molecule has 0 aromatic carbocycles. The van der Waals surface area contributed by atoms with Crippen molar-refractivity contribution >= 4 is 11.1 Å². The minimum Gasteiger partial charge on any atom is -0.395 e. The molecule has 2 unspecified atom stereocenters. The van der Waals surface area contributed by atoms with Gasteiger partial charge in [0, 0.05) is 6.04 Å². The topological polar surface area (TPSA) is 69.6 Å². The van der Waals surface area contributed by atoms with Crippen molar-refractivity contribution in [3.63, 3.8) is 0 Å². The molecule has 0 aliphatic heterocycles. The zero-order valence-corrected chi connectivity index (χ0v) is 9.01. The summed E-state index contributed by atoms with van der Waals surface area (Å²) in [5, 5.41) is 12.1. The van der Waals surface area contributed by atoms with Crippen LogP contribution in [-0.2, 0) is 11.1 Å². The Labute approximate surface area is 82.0 Å². The van der Waals surface area contributed by atoms with Gasteiger partial charge in [0.25, 0.3) is 0 Å². The molecule has 0 saturated carbocycles. The quantitative estimate of drug-likeness (QED) is 0.414. The van der Waals surface area contributed by atoms with Crippen molar-refractivity contribution in [1.82, 2.24) is 5.32 Å². The van der Waals surface area contributed by atoms with Crippen molar-refractivity contribution in [2.24, 2.45) is 5.92 Å². The Morgan fingerprint density at radius 2 is 2.08 bits per heavy atom. The predicted molar refractivity (Wildman–Crippen MR) is 54.0 cm³/mol. The molecular formula is C8H19NO3S. The van der Waals surface area contributed by atoms with Crippen LogP contribution in [-0.4, -0.2) is 38.8 Å². The highest BCUT2D eigenvalue weighted by molar-refractivity contribution is 7.79. The molecule has 0 aliphatic carbocycles. The largest absolute Gasteiger partial charge is 0.395 e. The van der Waals surface area contributed by atoms with Crippen LogP contribution in [0.2, 0.25) is 0 Å². The summed E-state index contributed by atoms with van der Waals surface area (Å²) in [4.78, 5) is 0. The van der Waals surface area contributed by atoms with Gasteiger partial charge in [-0.25, -0.2) is 4.21 Å². The Bertz CT molecular complexity index is 152. The van der Waals surface area contributed by atoms with Crippen LogP contribution in [0.25, 0.3) is 0 Å². The zero-order chi connectivity index (χ0) is 10.3. The second-order valence-electron chi connectivity index (χ2n) is 3.37. The molecule has 0 radical (unpaired) electrons. The molecule has 4 nitrogen and oxygen atoms in total. The second-order valence-corrected chi connectivity index (χ2v) is 4.42. The Kier molecular flexibility index (Phi) is 7.45. The summed E-state index contributed by atoms with van der Waals surface area (Å²) >= 11 is -1.70. The highest BCUT2D eigenvalue weighted by atomic mass is 32.2. The third-order valence-corrected chi connectivity index (χ3v) is 2.54. The van der Waals surface area contributed by atoms with E-state index in [2.05, 4.69) is 5.32 Å². The maximum absolute atomic E-state index is 10.3. The summed E-state index contributed by atoms with van der Waals surface area (Å²) in [6.07, 6.45) is 0.659. The van der Waals surface area contributed by atoms with Gasteiger partial charge in [-0.2, -0.15) is 0 Å². The molecule has 0 fully saturated rings. The number of aliphatic hydroxyl groups excluding tert-OH is 1. The smallest absolute Gasteiger partial charge is 0.152 e. The SMILES string of the molecule is CC(C)C(CO)NCCCS(=O)O. The lowest BCUT2D eigenvalue weighted by Gasteiger charge is -2.19. The second kappa shape index (κ2) is 7.44. The van der Waals surface area contributed by atoms with E-state index in [0.29, 0.717) is 24.6 Å². The van der Waals surface area contributed by atoms with Gasteiger partial charge < -0.3 is 15.0 Å². The lowest BCUT2D eigenvalue weighted by molar-refractivity contribution is 0.211. The average Bonchev–Trinajstić information content (AvgIpc) is 2.03. The highest BCUT2D eigenvalue weighted by Crippen LogP contribution is 1.99. The molecule has 0 saturated heterocycles. The van der Waals surface area contributed by atoms with Gasteiger partial charge in [0.2, 0.25) is 0 Å². The summed E-state index contributed by atoms with van der Waals surface area (Å²) in [5.74, 6) is 0.674. The minimum atomic E-state index is -1.70. The van der Waals surface area contributed by atoms with Gasteiger partial charge in [0.15, 0.2) is 11.1 Å². The molecule has 0 amide bonds. The van der Waals surface area contributed by atoms with Crippen LogP contribution in [0, 0.1) is 5.92 Å². The van der Waals surface area contributed by atoms with Gasteiger partial charge in [0.1, 0.15) is 0 Å². The summed E-state index contributed by atoms with van der Waals surface area (Å²) in [6.45, 7) is 4.84. The van der Waals surface area contributed by atoms with Crippen molar-refractivity contribution in [2.75, 3.05) is 18.9 Å².